The Balaban J connectivity index is 1.48. The van der Waals surface area contributed by atoms with Gasteiger partial charge in [-0.3, -0.25) is 67.1 Å². The van der Waals surface area contributed by atoms with Gasteiger partial charge < -0.3 is 80.0 Å². The van der Waals surface area contributed by atoms with Crippen molar-refractivity contribution < 1.29 is 96.3 Å². The van der Waals surface area contributed by atoms with E-state index in [1.54, 1.807) is 72.8 Å². The lowest BCUT2D eigenvalue weighted by atomic mass is 9.46. The van der Waals surface area contributed by atoms with Crippen molar-refractivity contribution in [3.05, 3.63) is 36.0 Å². The maximum absolute atomic E-state index is 15.9. The summed E-state index contributed by atoms with van der Waals surface area (Å²) >= 11 is 0. The van der Waals surface area contributed by atoms with E-state index in [1.807, 2.05) is 68.4 Å². The Morgan fingerprint density at radius 3 is 1.64 bits per heavy atom. The predicted octanol–water partition coefficient (Wildman–Crippen LogP) is 7.85. The van der Waals surface area contributed by atoms with Crippen LogP contribution >= 0.6 is 0 Å². The van der Waals surface area contributed by atoms with Crippen LogP contribution in [-0.4, -0.2) is 274 Å². The Hall–Kier alpha value is -8.61. The van der Waals surface area contributed by atoms with Gasteiger partial charge in [-0.25, -0.2) is 4.79 Å². The number of unbranched alkanes of at least 4 members (excludes halogenated alkanes) is 3. The van der Waals surface area contributed by atoms with E-state index in [1.165, 1.54) is 87.7 Å². The quantitative estimate of drug-likeness (QED) is 0.0208. The first kappa shape index (κ1) is 104. The third-order valence-electron chi connectivity index (χ3n) is 26.3. The first-order valence-corrected chi connectivity index (χ1v) is 44.3. The van der Waals surface area contributed by atoms with Gasteiger partial charge in [0.15, 0.2) is 11.6 Å². The number of carbonyl (C=O) groups is 15. The van der Waals surface area contributed by atoms with Gasteiger partial charge >= 0.3 is 12.1 Å². The fraction of sp³-hybridized carbons (Fsp3) is 0.769. The molecule has 0 aromatic carbocycles. The molecule has 5 aliphatic rings. The highest BCUT2D eigenvalue weighted by Crippen LogP contribution is 2.67. The Morgan fingerprint density at radius 2 is 1.09 bits per heavy atom. The maximum Gasteiger partial charge on any atom is 0.511 e. The zero-order chi connectivity index (χ0) is 92.4. The molecular weight excluding hydrogens is 1570 g/mol. The SMILES string of the molecule is C/C=C/C[C@@H](C)C(OC(=O)OCOC(=O)CCCCCCC(=O)[C@@]1(O)CCC2C3CCC4=CC(=O)C=C[C@]4(C)C3[C@@H](O)C[C@@]21C)[C@H]1C(=O)NC(CC)C(=O)N(C)CC(=O)N(C)[C@@H](CC(C)C)C(=O)NC(C(C)C)C(=O)N(C)[C@H](CC(C)C)C(=O)NC(C)C(=O)N[C@@H](C)C(=O)N(C)[C@H](CC(C)C)C(=O)N(C)C(CC(C)C)C(=O)N(C)[C@H](C(C)C)C(=O)N1C. The number of allylic oxidation sites excluding steroid dienone is 6. The van der Waals surface area contributed by atoms with Crippen LogP contribution in [0.4, 0.5) is 4.79 Å². The van der Waals surface area contributed by atoms with Crippen molar-refractivity contribution in [2.45, 2.75) is 319 Å². The van der Waals surface area contributed by atoms with Crippen LogP contribution in [0.1, 0.15) is 241 Å². The smallest absolute Gasteiger partial charge is 0.428 e. The van der Waals surface area contributed by atoms with E-state index in [4.69, 9.17) is 14.2 Å². The van der Waals surface area contributed by atoms with Gasteiger partial charge in [0.05, 0.1) is 12.6 Å². The van der Waals surface area contributed by atoms with Gasteiger partial charge in [0, 0.05) is 78.9 Å². The van der Waals surface area contributed by atoms with E-state index < -0.39 is 197 Å². The predicted molar refractivity (Wildman–Crippen MR) is 460 cm³/mol. The number of aliphatic hydroxyl groups excluding tert-OH is 1. The number of nitrogens with one attached hydrogen (secondary N) is 4. The Labute approximate surface area is 724 Å². The number of hydrogen-bond donors (Lipinski definition) is 6. The summed E-state index contributed by atoms with van der Waals surface area (Å²) in [5.74, 6) is -12.5. The fourth-order valence-electron chi connectivity index (χ4n) is 19.1. The van der Waals surface area contributed by atoms with Crippen LogP contribution in [-0.2, 0) is 81.3 Å². The number of fused-ring (bicyclic) bond motifs is 5. The van der Waals surface area contributed by atoms with Crippen LogP contribution in [0.25, 0.3) is 0 Å². The number of likely N-dealkylation sites (N-methyl/N-ethyl adjacent to an activating group) is 7. The van der Waals surface area contributed by atoms with Gasteiger partial charge in [0.25, 0.3) is 0 Å². The average molecular weight is 1720 g/mol. The second-order valence-corrected chi connectivity index (χ2v) is 38.2. The van der Waals surface area contributed by atoms with Crippen LogP contribution in [0, 0.1) is 70.0 Å². The minimum absolute atomic E-state index is 0.000728. The Bertz CT molecular complexity index is 3820. The van der Waals surface area contributed by atoms with Crippen molar-refractivity contribution in [2.75, 3.05) is 62.7 Å². The lowest BCUT2D eigenvalue weighted by molar-refractivity contribution is -0.176. The molecule has 3 saturated carbocycles. The summed E-state index contributed by atoms with van der Waals surface area (Å²) in [5, 5.41) is 35.2. The minimum Gasteiger partial charge on any atom is -0.428 e. The number of nitrogens with zero attached hydrogens (tertiary/aromatic N) is 7. The van der Waals surface area contributed by atoms with Crippen LogP contribution in [0.15, 0.2) is 36.0 Å². The van der Waals surface area contributed by atoms with Crippen LogP contribution in [0.2, 0.25) is 0 Å². The van der Waals surface area contributed by atoms with Crippen LogP contribution in [0.5, 0.6) is 0 Å². The normalized spacial score (nSPS) is 30.4. The zero-order valence-corrected chi connectivity index (χ0v) is 77.9. The average Bonchev–Trinajstić information content (AvgIpc) is 1.47. The van der Waals surface area contributed by atoms with Gasteiger partial charge in [0.2, 0.25) is 71.8 Å². The monoisotopic (exact) mass is 1720 g/mol. The molecule has 0 bridgehead atoms. The van der Waals surface area contributed by atoms with Crippen molar-refractivity contribution in [2.24, 2.45) is 70.0 Å². The Kier molecular flexibility index (Phi) is 38.6. The molecule has 19 atom stereocenters. The number of Topliss-reactive ketones (excluding diaryl/α,β-unsaturated/α-hetero) is 1. The highest BCUT2D eigenvalue weighted by Gasteiger charge is 2.68. The largest absolute Gasteiger partial charge is 0.511 e. The molecule has 8 unspecified atom stereocenters. The molecule has 31 heteroatoms. The summed E-state index contributed by atoms with van der Waals surface area (Å²) < 4.78 is 16.9. The van der Waals surface area contributed by atoms with Crippen molar-refractivity contribution >= 4 is 88.7 Å². The summed E-state index contributed by atoms with van der Waals surface area (Å²) in [6.07, 6.45) is 9.52. The second kappa shape index (κ2) is 45.3. The number of aliphatic hydroxyl groups is 2. The first-order valence-electron chi connectivity index (χ1n) is 44.3. The Morgan fingerprint density at radius 1 is 0.574 bits per heavy atom. The number of rotatable bonds is 26. The molecule has 0 radical (unpaired) electrons. The number of esters is 1. The maximum atomic E-state index is 15.9. The molecule has 0 aromatic heterocycles. The van der Waals surface area contributed by atoms with Crippen molar-refractivity contribution in [3.8, 4) is 0 Å². The number of carbonyl (C=O) groups excluding carboxylic acids is 15. The van der Waals surface area contributed by atoms with Gasteiger partial charge in [0.1, 0.15) is 72.1 Å². The third kappa shape index (κ3) is 25.4. The molecule has 688 valence electrons. The molecule has 11 amide bonds. The van der Waals surface area contributed by atoms with Crippen molar-refractivity contribution in [3.63, 3.8) is 0 Å². The minimum atomic E-state index is -1.87. The van der Waals surface area contributed by atoms with E-state index in [2.05, 4.69) is 28.2 Å². The highest BCUT2D eigenvalue weighted by molar-refractivity contribution is 6.02. The van der Waals surface area contributed by atoms with Crippen LogP contribution < -0.4 is 21.3 Å². The molecule has 4 fully saturated rings. The summed E-state index contributed by atoms with van der Waals surface area (Å²) in [6.45, 7) is 31.7. The van der Waals surface area contributed by atoms with Crippen molar-refractivity contribution in [1.29, 1.82) is 0 Å². The van der Waals surface area contributed by atoms with E-state index in [9.17, 15) is 63.0 Å². The summed E-state index contributed by atoms with van der Waals surface area (Å²) in [7, 11) is 9.60. The molecule has 1 saturated heterocycles. The molecule has 0 spiro atoms. The fourth-order valence-corrected chi connectivity index (χ4v) is 19.1. The number of hydrogen-bond acceptors (Lipinski definition) is 20. The van der Waals surface area contributed by atoms with Gasteiger partial charge in [-0.2, -0.15) is 0 Å². The zero-order valence-electron chi connectivity index (χ0n) is 77.9. The highest BCUT2D eigenvalue weighted by atomic mass is 16.8. The standard InChI is InChI=1S/C91H149N11O20/c1-27-29-34-57(15)77(122-88(118)121-50-120-72(107)36-33-31-30-32-35-70(105)91(119)42-40-63-62-38-37-60-47-61(103)39-41-89(60,18)73(62)69(104)48-90(63,91)19)76-81(111)94-64(28-2)83(113)96(20)49-71(106)97(21)65(43-51(3)4)80(110)95-74(55(11)12)86(116)98(22)66(44-52(5)6)79(109)92-58(16)78(108)93-59(17)82(112)99(23)67(45-53(7)8)84(114)100(24)68(46-54(9)10)85(115)101(25)75(56(13)14)87(117)102(76)26/h27,29,39,41,47,51-59,62-69,73-77,104,119H,28,30-38,40,42-46,48-50H2,1-26H3,(H,92,109)(H,93,108)(H,94,111)(H,95,110)/b29-27+/t57-,58?,59+,62?,63?,64?,65+,66-,67-,68?,69+,73?,74?,75-,76+,77?,89+,90+,91+/m1/s1. The molecule has 4 aliphatic carbocycles. The molecule has 6 N–H and O–H groups in total. The summed E-state index contributed by atoms with van der Waals surface area (Å²) in [4.78, 5) is 227. The van der Waals surface area contributed by atoms with Crippen LogP contribution in [0.3, 0.4) is 0 Å². The van der Waals surface area contributed by atoms with E-state index in [0.717, 1.165) is 21.8 Å². The lowest BCUT2D eigenvalue weighted by Gasteiger charge is -2.59. The summed E-state index contributed by atoms with van der Waals surface area (Å²) in [6, 6.07) is -13.5. The number of ether oxygens (including phenoxy) is 3. The lowest BCUT2D eigenvalue weighted by Crippen LogP contribution is -2.64. The van der Waals surface area contributed by atoms with Gasteiger partial charge in [-0.1, -0.05) is 147 Å². The molecular formula is C91H149N11O20. The number of amides is 11. The molecule has 5 rings (SSSR count). The molecule has 1 heterocycles. The summed E-state index contributed by atoms with van der Waals surface area (Å²) in [5.41, 5.74) is -1.95. The van der Waals surface area contributed by atoms with E-state index >= 15 is 19.2 Å². The van der Waals surface area contributed by atoms with Crippen molar-refractivity contribution in [1.82, 2.24) is 55.6 Å². The molecule has 31 nitrogen and oxygen atoms in total. The topological polar surface area (TPSA) is 395 Å². The molecule has 1 aliphatic heterocycles. The van der Waals surface area contributed by atoms with Gasteiger partial charge in [-0.15, -0.1) is 0 Å². The van der Waals surface area contributed by atoms with Gasteiger partial charge in [-0.05, 0) is 170 Å². The third-order valence-corrected chi connectivity index (χ3v) is 26.3. The second-order valence-electron chi connectivity index (χ2n) is 38.2. The molecule has 122 heavy (non-hydrogen) atoms. The van der Waals surface area contributed by atoms with E-state index in [-0.39, 0.29) is 117 Å². The molecule has 0 aromatic rings. The van der Waals surface area contributed by atoms with E-state index in [0.29, 0.717) is 38.5 Å². The number of ketones is 2. The first-order chi connectivity index (χ1) is 56.8.